The second-order valence-electron chi connectivity index (χ2n) is 5.18. The highest BCUT2D eigenvalue weighted by atomic mass is 35.5. The van der Waals surface area contributed by atoms with Crippen molar-refractivity contribution in [3.8, 4) is 5.69 Å². The van der Waals surface area contributed by atoms with Gasteiger partial charge in [0.25, 0.3) is 0 Å². The molecule has 0 aliphatic carbocycles. The average Bonchev–Trinajstić information content (AvgIpc) is 3.27. The van der Waals surface area contributed by atoms with E-state index in [0.717, 1.165) is 23.8 Å². The summed E-state index contributed by atoms with van der Waals surface area (Å²) in [4.78, 5) is 4.23. The van der Waals surface area contributed by atoms with Gasteiger partial charge in [-0.15, -0.1) is 0 Å². The molecule has 0 spiro atoms. The van der Waals surface area contributed by atoms with Crippen LogP contribution in [0.3, 0.4) is 0 Å². The Morgan fingerprint density at radius 3 is 2.58 bits per heavy atom. The molecule has 24 heavy (non-hydrogen) atoms. The summed E-state index contributed by atoms with van der Waals surface area (Å²) in [5, 5.41) is 15.9. The molecule has 7 heteroatoms. The topological polar surface area (TPSA) is 54.2 Å². The Balaban J connectivity index is 1.55. The molecule has 124 valence electrons. The summed E-state index contributed by atoms with van der Waals surface area (Å²) in [6, 6.07) is 9.68. The first-order valence-electron chi connectivity index (χ1n) is 7.49. The monoisotopic (exact) mass is 359 g/mol. The van der Waals surface area contributed by atoms with Crippen molar-refractivity contribution in [3.63, 3.8) is 0 Å². The van der Waals surface area contributed by atoms with Gasteiger partial charge in [0.2, 0.25) is 0 Å². The third kappa shape index (κ3) is 4.37. The van der Waals surface area contributed by atoms with E-state index in [2.05, 4.69) is 37.6 Å². The summed E-state index contributed by atoms with van der Waals surface area (Å²) in [6.07, 6.45) is 3.83. The van der Waals surface area contributed by atoms with Gasteiger partial charge in [-0.25, -0.2) is 4.68 Å². The fraction of sp³-hybridized carbons (Fsp3) is 0.176. The summed E-state index contributed by atoms with van der Waals surface area (Å²) in [5.74, 6) is 0.764. The zero-order chi connectivity index (χ0) is 16.8. The first kappa shape index (κ1) is 16.5. The molecule has 2 N–H and O–H groups in total. The van der Waals surface area contributed by atoms with Crippen LogP contribution in [-0.4, -0.2) is 22.8 Å². The molecule has 0 unspecified atom stereocenters. The van der Waals surface area contributed by atoms with Crippen molar-refractivity contribution in [2.75, 3.05) is 7.05 Å². The molecule has 0 radical (unpaired) electrons. The first-order valence-corrected chi connectivity index (χ1v) is 8.82. The zero-order valence-corrected chi connectivity index (χ0v) is 14.8. The van der Waals surface area contributed by atoms with Gasteiger partial charge in [0.15, 0.2) is 5.96 Å². The lowest BCUT2D eigenvalue weighted by Gasteiger charge is -2.10. The fourth-order valence-corrected chi connectivity index (χ4v) is 2.97. The van der Waals surface area contributed by atoms with Gasteiger partial charge in [-0.05, 0) is 46.7 Å². The molecule has 0 amide bonds. The van der Waals surface area contributed by atoms with E-state index in [-0.39, 0.29) is 0 Å². The largest absolute Gasteiger partial charge is 0.352 e. The maximum Gasteiger partial charge on any atom is 0.191 e. The van der Waals surface area contributed by atoms with Crippen LogP contribution >= 0.6 is 22.9 Å². The molecule has 5 nitrogen and oxygen atoms in total. The van der Waals surface area contributed by atoms with Crippen molar-refractivity contribution < 1.29 is 0 Å². The van der Waals surface area contributed by atoms with Crippen molar-refractivity contribution in [2.45, 2.75) is 13.1 Å². The summed E-state index contributed by atoms with van der Waals surface area (Å²) in [5.41, 5.74) is 3.30. The maximum atomic E-state index is 5.91. The van der Waals surface area contributed by atoms with Crippen LogP contribution in [0.4, 0.5) is 0 Å². The number of benzene rings is 1. The fourth-order valence-electron chi connectivity index (χ4n) is 2.17. The molecular formula is C17H18ClN5S. The first-order chi connectivity index (χ1) is 11.7. The van der Waals surface area contributed by atoms with Crippen LogP contribution in [0.25, 0.3) is 5.69 Å². The van der Waals surface area contributed by atoms with Crippen LogP contribution < -0.4 is 10.6 Å². The number of halogens is 1. The molecule has 2 aromatic heterocycles. The van der Waals surface area contributed by atoms with Gasteiger partial charge in [-0.1, -0.05) is 11.6 Å². The number of nitrogens with one attached hydrogen (secondary N) is 2. The van der Waals surface area contributed by atoms with E-state index >= 15 is 0 Å². The Morgan fingerprint density at radius 2 is 1.92 bits per heavy atom. The molecule has 3 aromatic rings. The lowest BCUT2D eigenvalue weighted by molar-refractivity contribution is 0.810. The van der Waals surface area contributed by atoms with Gasteiger partial charge in [0.1, 0.15) is 0 Å². The lowest BCUT2D eigenvalue weighted by atomic mass is 10.3. The predicted octanol–water partition coefficient (Wildman–Crippen LogP) is 3.45. The minimum Gasteiger partial charge on any atom is -0.352 e. The van der Waals surface area contributed by atoms with Crippen LogP contribution in [0.5, 0.6) is 0 Å². The van der Waals surface area contributed by atoms with E-state index in [1.54, 1.807) is 18.4 Å². The van der Waals surface area contributed by atoms with E-state index in [9.17, 15) is 0 Å². The van der Waals surface area contributed by atoms with Gasteiger partial charge in [0.05, 0.1) is 11.9 Å². The number of aromatic nitrogens is 2. The van der Waals surface area contributed by atoms with Crippen LogP contribution in [0.2, 0.25) is 5.02 Å². The van der Waals surface area contributed by atoms with Gasteiger partial charge < -0.3 is 10.6 Å². The van der Waals surface area contributed by atoms with E-state index in [4.69, 9.17) is 11.6 Å². The maximum absolute atomic E-state index is 5.91. The van der Waals surface area contributed by atoms with Crippen molar-refractivity contribution in [2.24, 2.45) is 4.99 Å². The molecule has 0 aliphatic rings. The average molecular weight is 360 g/mol. The highest BCUT2D eigenvalue weighted by Crippen LogP contribution is 2.13. The van der Waals surface area contributed by atoms with Gasteiger partial charge in [-0.2, -0.15) is 16.4 Å². The van der Waals surface area contributed by atoms with Crippen LogP contribution in [-0.2, 0) is 13.1 Å². The highest BCUT2D eigenvalue weighted by molar-refractivity contribution is 7.07. The molecule has 1 aromatic carbocycles. The van der Waals surface area contributed by atoms with Crippen LogP contribution in [0.15, 0.2) is 58.5 Å². The normalized spacial score (nSPS) is 11.5. The molecule has 0 saturated heterocycles. The van der Waals surface area contributed by atoms with Gasteiger partial charge >= 0.3 is 0 Å². The van der Waals surface area contributed by atoms with Gasteiger partial charge in [-0.3, -0.25) is 4.99 Å². The molecule has 0 saturated carbocycles. The Kier molecular flexibility index (Phi) is 5.51. The zero-order valence-electron chi connectivity index (χ0n) is 13.2. The summed E-state index contributed by atoms with van der Waals surface area (Å²) >= 11 is 7.60. The third-order valence-electron chi connectivity index (χ3n) is 3.45. The third-order valence-corrected chi connectivity index (χ3v) is 4.43. The number of guanidine groups is 1. The van der Waals surface area contributed by atoms with E-state index in [1.165, 1.54) is 5.56 Å². The number of hydrogen-bond donors (Lipinski definition) is 2. The molecule has 3 rings (SSSR count). The SMILES string of the molecule is CN=C(NCc1ccsc1)NCc1cnn(-c2ccc(Cl)cc2)c1. The Labute approximate surface area is 150 Å². The van der Waals surface area contributed by atoms with Crippen LogP contribution in [0, 0.1) is 0 Å². The molecule has 0 atom stereocenters. The molecule has 0 bridgehead atoms. The number of nitrogens with zero attached hydrogens (tertiary/aromatic N) is 3. The Hall–Kier alpha value is -2.31. The Morgan fingerprint density at radius 1 is 1.17 bits per heavy atom. The molecule has 2 heterocycles. The Bertz CT molecular complexity index is 793. The number of rotatable bonds is 5. The van der Waals surface area contributed by atoms with E-state index in [1.807, 2.05) is 41.3 Å². The lowest BCUT2D eigenvalue weighted by Crippen LogP contribution is -2.36. The second-order valence-corrected chi connectivity index (χ2v) is 6.40. The summed E-state index contributed by atoms with van der Waals surface area (Å²) in [6.45, 7) is 1.41. The van der Waals surface area contributed by atoms with Crippen molar-refractivity contribution >= 4 is 28.9 Å². The van der Waals surface area contributed by atoms with Gasteiger partial charge in [0, 0.05) is 36.9 Å². The minimum atomic E-state index is 0.650. The standard InChI is InChI=1S/C17H18ClN5S/c1-19-17(20-8-13-6-7-24-12-13)21-9-14-10-22-23(11-14)16-4-2-15(18)3-5-16/h2-7,10-12H,8-9H2,1H3,(H2,19,20,21). The molecular weight excluding hydrogens is 342 g/mol. The second kappa shape index (κ2) is 7.99. The number of hydrogen-bond acceptors (Lipinski definition) is 3. The molecule has 0 aliphatic heterocycles. The van der Waals surface area contributed by atoms with Crippen molar-refractivity contribution in [1.82, 2.24) is 20.4 Å². The summed E-state index contributed by atoms with van der Waals surface area (Å²) in [7, 11) is 1.76. The smallest absolute Gasteiger partial charge is 0.191 e. The number of thiophene rings is 1. The van der Waals surface area contributed by atoms with E-state index in [0.29, 0.717) is 11.6 Å². The highest BCUT2D eigenvalue weighted by Gasteiger charge is 2.03. The predicted molar refractivity (Wildman–Crippen MR) is 99.9 cm³/mol. The molecule has 0 fully saturated rings. The van der Waals surface area contributed by atoms with Crippen molar-refractivity contribution in [1.29, 1.82) is 0 Å². The van der Waals surface area contributed by atoms with Crippen molar-refractivity contribution in [3.05, 3.63) is 69.6 Å². The number of aliphatic imine (C=N–C) groups is 1. The quantitative estimate of drug-likeness (QED) is 0.542. The van der Waals surface area contributed by atoms with Crippen LogP contribution in [0.1, 0.15) is 11.1 Å². The summed E-state index contributed by atoms with van der Waals surface area (Å²) < 4.78 is 1.83. The van der Waals surface area contributed by atoms with E-state index < -0.39 is 0 Å². The minimum absolute atomic E-state index is 0.650.